The predicted octanol–water partition coefficient (Wildman–Crippen LogP) is 3.99. The molecule has 0 unspecified atom stereocenters. The van der Waals surface area contributed by atoms with Gasteiger partial charge in [0.1, 0.15) is 5.82 Å². The van der Waals surface area contributed by atoms with Crippen LogP contribution in [0.25, 0.3) is 0 Å². The summed E-state index contributed by atoms with van der Waals surface area (Å²) < 4.78 is 5.02. The Morgan fingerprint density at radius 3 is 2.40 bits per heavy atom. The number of carbonyl (C=O) groups excluding carboxylic acids is 1. The first kappa shape index (κ1) is 16.8. The number of allylic oxidation sites excluding steroid dienone is 1. The average molecular weight is 335 g/mol. The van der Waals surface area contributed by atoms with Gasteiger partial charge in [0.15, 0.2) is 0 Å². The third kappa shape index (κ3) is 3.40. The molecule has 5 heteroatoms. The normalized spacial score (nSPS) is 13.3. The maximum absolute atomic E-state index is 11.8. The van der Waals surface area contributed by atoms with Crippen molar-refractivity contribution in [3.63, 3.8) is 0 Å². The Morgan fingerprint density at radius 2 is 1.76 bits per heavy atom. The summed E-state index contributed by atoms with van der Waals surface area (Å²) in [5, 5.41) is 0. The monoisotopic (exact) mass is 335 g/mol. The van der Waals surface area contributed by atoms with Crippen molar-refractivity contribution in [2.24, 2.45) is 4.99 Å². The number of carbonyl (C=O) groups is 1. The quantitative estimate of drug-likeness (QED) is 0.626. The van der Waals surface area contributed by atoms with Gasteiger partial charge in [-0.25, -0.2) is 4.79 Å². The smallest absolute Gasteiger partial charge is 0.338 e. The molecule has 0 saturated carbocycles. The molecule has 0 saturated heterocycles. The van der Waals surface area contributed by atoms with Gasteiger partial charge in [-0.05, 0) is 43.3 Å². The van der Waals surface area contributed by atoms with Crippen LogP contribution in [-0.4, -0.2) is 32.9 Å². The summed E-state index contributed by atoms with van der Waals surface area (Å²) >= 11 is 0. The summed E-state index contributed by atoms with van der Waals surface area (Å²) in [6.07, 6.45) is 3.70. The number of hydrogen-bond acceptors (Lipinski definition) is 5. The Kier molecular flexibility index (Phi) is 4.84. The molecule has 3 rings (SSSR count). The molecule has 2 aromatic carbocycles. The maximum Gasteiger partial charge on any atom is 0.338 e. The van der Waals surface area contributed by atoms with Crippen molar-refractivity contribution in [2.75, 3.05) is 30.5 Å². The zero-order valence-corrected chi connectivity index (χ0v) is 14.6. The lowest BCUT2D eigenvalue weighted by molar-refractivity contribution is 0.0526. The van der Waals surface area contributed by atoms with Crippen LogP contribution in [0.15, 0.2) is 65.4 Å². The van der Waals surface area contributed by atoms with Crippen molar-refractivity contribution in [3.8, 4) is 0 Å². The van der Waals surface area contributed by atoms with E-state index in [9.17, 15) is 4.79 Å². The van der Waals surface area contributed by atoms with Gasteiger partial charge in [-0.2, -0.15) is 0 Å². The fourth-order valence-electron chi connectivity index (χ4n) is 2.84. The molecule has 0 radical (unpaired) electrons. The van der Waals surface area contributed by atoms with Gasteiger partial charge >= 0.3 is 5.97 Å². The third-order valence-corrected chi connectivity index (χ3v) is 4.10. The zero-order chi connectivity index (χ0) is 17.8. The number of fused-ring (bicyclic) bond motifs is 1. The van der Waals surface area contributed by atoms with E-state index in [4.69, 9.17) is 4.74 Å². The highest BCUT2D eigenvalue weighted by Gasteiger charge is 2.24. The second-order valence-electron chi connectivity index (χ2n) is 5.68. The topological polar surface area (TPSA) is 45.1 Å². The highest BCUT2D eigenvalue weighted by Crippen LogP contribution is 2.38. The summed E-state index contributed by atoms with van der Waals surface area (Å²) in [7, 11) is 4.06. The van der Waals surface area contributed by atoms with Gasteiger partial charge in [0.2, 0.25) is 0 Å². The van der Waals surface area contributed by atoms with Crippen molar-refractivity contribution in [2.45, 2.75) is 6.92 Å². The number of nitrogens with zero attached hydrogens (tertiary/aromatic N) is 3. The molecule has 1 heterocycles. The molecule has 128 valence electrons. The van der Waals surface area contributed by atoms with Crippen LogP contribution in [-0.2, 0) is 4.74 Å². The number of aliphatic imine (C=N–C) groups is 1. The number of para-hydroxylation sites is 2. The van der Waals surface area contributed by atoms with E-state index < -0.39 is 0 Å². The van der Waals surface area contributed by atoms with E-state index in [1.165, 1.54) is 0 Å². The number of esters is 1. The Bertz CT molecular complexity index is 811. The first-order valence-electron chi connectivity index (χ1n) is 8.20. The number of ether oxygens (including phenoxy) is 1. The zero-order valence-electron chi connectivity index (χ0n) is 14.6. The Balaban J connectivity index is 1.79. The Labute approximate surface area is 147 Å². The van der Waals surface area contributed by atoms with E-state index in [1.54, 1.807) is 31.3 Å². The van der Waals surface area contributed by atoms with Crippen LogP contribution in [0, 0.1) is 0 Å². The van der Waals surface area contributed by atoms with Gasteiger partial charge in [-0.3, -0.25) is 4.99 Å². The second kappa shape index (κ2) is 7.21. The first-order chi connectivity index (χ1) is 12.1. The van der Waals surface area contributed by atoms with Crippen molar-refractivity contribution >= 4 is 29.2 Å². The Morgan fingerprint density at radius 1 is 1.08 bits per heavy atom. The third-order valence-electron chi connectivity index (χ3n) is 4.10. The number of anilines is 2. The molecule has 0 bridgehead atoms. The fourth-order valence-corrected chi connectivity index (χ4v) is 2.84. The average Bonchev–Trinajstić information content (AvgIpc) is 2.87. The molecule has 1 aliphatic heterocycles. The van der Waals surface area contributed by atoms with Crippen LogP contribution in [0.4, 0.5) is 17.1 Å². The lowest BCUT2D eigenvalue weighted by atomic mass is 10.2. The highest BCUT2D eigenvalue weighted by molar-refractivity contribution is 5.91. The molecular formula is C20H21N3O2. The standard InChI is InChI=1S/C20H21N3O2/c1-4-25-20(24)15-8-7-9-16(14-15)21-13-12-19-22(2)17-10-5-6-11-18(17)23(19)3/h5-14H,4H2,1-3H3. The molecule has 0 N–H and O–H groups in total. The van der Waals surface area contributed by atoms with E-state index >= 15 is 0 Å². The molecule has 0 spiro atoms. The van der Waals surface area contributed by atoms with Gasteiger partial charge in [0, 0.05) is 20.3 Å². The molecule has 0 amide bonds. The van der Waals surface area contributed by atoms with Crippen molar-refractivity contribution in [1.29, 1.82) is 0 Å². The molecule has 5 nitrogen and oxygen atoms in total. The van der Waals surface area contributed by atoms with Crippen LogP contribution < -0.4 is 9.80 Å². The van der Waals surface area contributed by atoms with Crippen LogP contribution in [0.5, 0.6) is 0 Å². The van der Waals surface area contributed by atoms with E-state index in [1.807, 2.05) is 38.4 Å². The summed E-state index contributed by atoms with van der Waals surface area (Å²) in [5.41, 5.74) is 3.54. The van der Waals surface area contributed by atoms with Crippen molar-refractivity contribution < 1.29 is 9.53 Å². The molecule has 25 heavy (non-hydrogen) atoms. The molecule has 0 aromatic heterocycles. The largest absolute Gasteiger partial charge is 0.462 e. The maximum atomic E-state index is 11.8. The van der Waals surface area contributed by atoms with E-state index in [0.717, 1.165) is 17.2 Å². The van der Waals surface area contributed by atoms with Crippen molar-refractivity contribution in [3.05, 3.63) is 66.0 Å². The molecule has 2 aromatic rings. The predicted molar refractivity (Wildman–Crippen MR) is 102 cm³/mol. The lowest BCUT2D eigenvalue weighted by Gasteiger charge is -2.17. The van der Waals surface area contributed by atoms with E-state index in [-0.39, 0.29) is 5.97 Å². The van der Waals surface area contributed by atoms with Gasteiger partial charge in [-0.1, -0.05) is 18.2 Å². The highest BCUT2D eigenvalue weighted by atomic mass is 16.5. The van der Waals surface area contributed by atoms with E-state index in [0.29, 0.717) is 17.9 Å². The number of benzene rings is 2. The molecular weight excluding hydrogens is 314 g/mol. The summed E-state index contributed by atoms with van der Waals surface area (Å²) in [6, 6.07) is 15.3. The van der Waals surface area contributed by atoms with E-state index in [2.05, 4.69) is 26.9 Å². The minimum absolute atomic E-state index is 0.330. The summed E-state index contributed by atoms with van der Waals surface area (Å²) in [6.45, 7) is 2.15. The number of hydrogen-bond donors (Lipinski definition) is 0. The lowest BCUT2D eigenvalue weighted by Crippen LogP contribution is -2.21. The second-order valence-corrected chi connectivity index (χ2v) is 5.68. The molecule has 0 fully saturated rings. The molecule has 0 aliphatic carbocycles. The van der Waals surface area contributed by atoms with Crippen LogP contribution in [0.2, 0.25) is 0 Å². The minimum Gasteiger partial charge on any atom is -0.462 e. The summed E-state index contributed by atoms with van der Waals surface area (Å²) in [5.74, 6) is 0.704. The minimum atomic E-state index is -0.330. The molecule has 0 atom stereocenters. The van der Waals surface area contributed by atoms with Crippen LogP contribution in [0.3, 0.4) is 0 Å². The van der Waals surface area contributed by atoms with Gasteiger partial charge in [-0.15, -0.1) is 0 Å². The van der Waals surface area contributed by atoms with Gasteiger partial charge < -0.3 is 14.5 Å². The number of rotatable bonds is 4. The summed E-state index contributed by atoms with van der Waals surface area (Å²) in [4.78, 5) is 20.5. The first-order valence-corrected chi connectivity index (χ1v) is 8.20. The van der Waals surface area contributed by atoms with Gasteiger partial charge in [0.05, 0.1) is 29.2 Å². The Hall–Kier alpha value is -3.08. The van der Waals surface area contributed by atoms with Crippen molar-refractivity contribution in [1.82, 2.24) is 0 Å². The SMILES string of the molecule is CCOC(=O)c1cccc(N=CC=C2N(C)c3ccccc3N2C)c1. The molecule has 1 aliphatic rings. The van der Waals surface area contributed by atoms with Crippen LogP contribution >= 0.6 is 0 Å². The van der Waals surface area contributed by atoms with Gasteiger partial charge in [0.25, 0.3) is 0 Å². The van der Waals surface area contributed by atoms with Crippen LogP contribution in [0.1, 0.15) is 17.3 Å². The fraction of sp³-hybridized carbons (Fsp3) is 0.200.